The lowest BCUT2D eigenvalue weighted by Crippen LogP contribution is -1.93. The van der Waals surface area contributed by atoms with E-state index in [4.69, 9.17) is 42.9 Å². The molecule has 166 valence electrons. The molecule has 0 saturated carbocycles. The van der Waals surface area contributed by atoms with Gasteiger partial charge in [0.05, 0.1) is 16.1 Å². The Morgan fingerprint density at radius 2 is 1.75 bits per heavy atom. The largest absolute Gasteiger partial charge is 0.373 e. The number of halogens is 2. The van der Waals surface area contributed by atoms with Crippen LogP contribution < -0.4 is 0 Å². The van der Waals surface area contributed by atoms with Crippen molar-refractivity contribution in [3.05, 3.63) is 52.5 Å². The van der Waals surface area contributed by atoms with Crippen LogP contribution in [0.3, 0.4) is 0 Å². The fraction of sp³-hybridized carbons (Fsp3) is 0.238. The number of thiazole rings is 1. The zero-order valence-electron chi connectivity index (χ0n) is 17.7. The maximum atomic E-state index is 8.12. The number of thioether (sulfide) groups is 1. The molecule has 11 heteroatoms. The van der Waals surface area contributed by atoms with Crippen molar-refractivity contribution in [2.24, 2.45) is 7.05 Å². The number of hydrogen-bond acceptors (Lipinski definition) is 7. The minimum Gasteiger partial charge on any atom is -0.275 e. The van der Waals surface area contributed by atoms with Crippen LogP contribution in [0.5, 0.6) is 0 Å². The van der Waals surface area contributed by atoms with Crippen molar-refractivity contribution in [2.45, 2.75) is 30.2 Å². The highest BCUT2D eigenvalue weighted by Crippen LogP contribution is 2.40. The average molecular weight is 508 g/mol. The summed E-state index contributed by atoms with van der Waals surface area (Å²) in [4.78, 5) is 21.1. The maximum absolute atomic E-state index is 8.12. The number of aryl methyl sites for hydroxylation is 2. The zero-order valence-corrected chi connectivity index (χ0v) is 20.8. The van der Waals surface area contributed by atoms with Crippen molar-refractivity contribution >= 4 is 52.5 Å². The minimum absolute atomic E-state index is 0.250. The van der Waals surface area contributed by atoms with E-state index in [1.54, 1.807) is 33.8 Å². The molecule has 0 unspecified atom stereocenters. The Hall–Kier alpha value is -2.42. The van der Waals surface area contributed by atoms with E-state index < -0.39 is 0 Å². The molecular weight excluding hydrogens is 489 g/mol. The van der Waals surface area contributed by atoms with Gasteiger partial charge in [0.2, 0.25) is 5.13 Å². The number of carbonyl (C=O) groups excluding carboxylic acids is 2. The third kappa shape index (κ3) is 5.68. The summed E-state index contributed by atoms with van der Waals surface area (Å²) in [5, 5.41) is 11.5. The lowest BCUT2D eigenvalue weighted by Gasteiger charge is -2.02. The average Bonchev–Trinajstić information content (AvgIpc) is 3.39. The molecule has 1 aromatic carbocycles. The molecule has 0 amide bonds. The topological polar surface area (TPSA) is 82.7 Å². The molecular formula is C21H19Cl2N5O2S2. The first-order valence-electron chi connectivity index (χ1n) is 9.40. The van der Waals surface area contributed by atoms with Crippen molar-refractivity contribution in [1.82, 2.24) is 24.5 Å². The van der Waals surface area contributed by atoms with Gasteiger partial charge in [-0.25, -0.2) is 9.67 Å². The first-order valence-corrected chi connectivity index (χ1v) is 11.9. The first kappa shape index (κ1) is 24.2. The summed E-state index contributed by atoms with van der Waals surface area (Å²) in [5.41, 5.74) is 4.75. The van der Waals surface area contributed by atoms with Crippen LogP contribution in [0.1, 0.15) is 19.5 Å². The Kier molecular flexibility index (Phi) is 7.92. The van der Waals surface area contributed by atoms with E-state index in [1.807, 2.05) is 49.4 Å². The molecule has 0 atom stereocenters. The molecule has 0 radical (unpaired) electrons. The van der Waals surface area contributed by atoms with E-state index in [0.717, 1.165) is 37.4 Å². The maximum Gasteiger partial charge on any atom is 0.373 e. The van der Waals surface area contributed by atoms with Crippen molar-refractivity contribution < 1.29 is 9.59 Å². The lowest BCUT2D eigenvalue weighted by atomic mass is 10.1. The summed E-state index contributed by atoms with van der Waals surface area (Å²) < 4.78 is 4.77. The van der Waals surface area contributed by atoms with Gasteiger partial charge in [-0.1, -0.05) is 48.4 Å². The van der Waals surface area contributed by atoms with E-state index in [0.29, 0.717) is 15.3 Å². The third-order valence-electron chi connectivity index (χ3n) is 4.17. The second-order valence-corrected chi connectivity index (χ2v) is 10.7. The van der Waals surface area contributed by atoms with Crippen molar-refractivity contribution in [1.29, 1.82) is 0 Å². The smallest absolute Gasteiger partial charge is 0.275 e. The van der Waals surface area contributed by atoms with Crippen LogP contribution >= 0.6 is 46.3 Å². The van der Waals surface area contributed by atoms with Gasteiger partial charge in [0.25, 0.3) is 0 Å². The Labute approximate surface area is 203 Å². The van der Waals surface area contributed by atoms with Gasteiger partial charge in [0, 0.05) is 45.9 Å². The first-order chi connectivity index (χ1) is 15.2. The van der Waals surface area contributed by atoms with Gasteiger partial charge in [0.15, 0.2) is 0 Å². The van der Waals surface area contributed by atoms with Gasteiger partial charge in [-0.2, -0.15) is 19.8 Å². The molecule has 3 aromatic heterocycles. The molecule has 4 aromatic rings. The Bertz CT molecular complexity index is 1250. The van der Waals surface area contributed by atoms with Crippen molar-refractivity contribution in [3.63, 3.8) is 0 Å². The van der Waals surface area contributed by atoms with E-state index in [9.17, 15) is 0 Å². The van der Waals surface area contributed by atoms with E-state index >= 15 is 0 Å². The molecule has 0 fully saturated rings. The van der Waals surface area contributed by atoms with Crippen molar-refractivity contribution in [2.75, 3.05) is 0 Å². The van der Waals surface area contributed by atoms with Crippen LogP contribution in [0.25, 0.3) is 27.5 Å². The molecule has 7 nitrogen and oxygen atoms in total. The molecule has 3 heterocycles. The lowest BCUT2D eigenvalue weighted by molar-refractivity contribution is -0.191. The quantitative estimate of drug-likeness (QED) is 0.311. The highest BCUT2D eigenvalue weighted by molar-refractivity contribution is 8.01. The van der Waals surface area contributed by atoms with E-state index in [-0.39, 0.29) is 6.15 Å². The number of benzene rings is 1. The fourth-order valence-corrected chi connectivity index (χ4v) is 5.94. The standard InChI is InChI=1S/C20H19Cl2N5S2.CO2/c1-11(2)28-19-18(14-8-23-26(4)9-14)24-20(29-19)27-10-17(12(3)25-27)13-5-15(21)7-16(22)6-13;2-1-3/h5-11H,1-4H3;. The van der Waals surface area contributed by atoms with Crippen LogP contribution in [0.4, 0.5) is 0 Å². The highest BCUT2D eigenvalue weighted by Gasteiger charge is 2.19. The van der Waals surface area contributed by atoms with Gasteiger partial charge in [-0.15, -0.1) is 11.8 Å². The Balaban J connectivity index is 0.000000913. The molecule has 0 aliphatic carbocycles. The number of rotatable bonds is 5. The molecule has 0 N–H and O–H groups in total. The molecule has 4 rings (SSSR count). The molecule has 32 heavy (non-hydrogen) atoms. The van der Waals surface area contributed by atoms with Crippen LogP contribution in [0, 0.1) is 6.92 Å². The summed E-state index contributed by atoms with van der Waals surface area (Å²) in [7, 11) is 1.91. The number of hydrogen-bond donors (Lipinski definition) is 0. The van der Waals surface area contributed by atoms with Gasteiger partial charge in [-0.05, 0) is 30.7 Å². The molecule has 0 spiro atoms. The van der Waals surface area contributed by atoms with Crippen LogP contribution in [0.2, 0.25) is 10.0 Å². The summed E-state index contributed by atoms with van der Waals surface area (Å²) >= 11 is 15.8. The van der Waals surface area contributed by atoms with Gasteiger partial charge < -0.3 is 0 Å². The fourth-order valence-electron chi connectivity index (χ4n) is 2.96. The van der Waals surface area contributed by atoms with Gasteiger partial charge >= 0.3 is 6.15 Å². The predicted octanol–water partition coefficient (Wildman–Crippen LogP) is 5.93. The summed E-state index contributed by atoms with van der Waals surface area (Å²) in [5.74, 6) is 0. The van der Waals surface area contributed by atoms with Crippen LogP contribution in [-0.4, -0.2) is 35.9 Å². The normalized spacial score (nSPS) is 10.7. The molecule has 0 aliphatic rings. The highest BCUT2D eigenvalue weighted by atomic mass is 35.5. The minimum atomic E-state index is 0.250. The van der Waals surface area contributed by atoms with Crippen LogP contribution in [-0.2, 0) is 16.6 Å². The van der Waals surface area contributed by atoms with Crippen LogP contribution in [0.15, 0.2) is 41.0 Å². The zero-order chi connectivity index (χ0) is 23.4. The summed E-state index contributed by atoms with van der Waals surface area (Å²) in [6.45, 7) is 6.33. The number of nitrogens with zero attached hydrogens (tertiary/aromatic N) is 5. The third-order valence-corrected chi connectivity index (χ3v) is 6.87. The second-order valence-electron chi connectivity index (χ2n) is 7.02. The Morgan fingerprint density at radius 3 is 2.31 bits per heavy atom. The van der Waals surface area contributed by atoms with E-state index in [1.165, 1.54) is 0 Å². The number of aromatic nitrogens is 5. The van der Waals surface area contributed by atoms with Crippen molar-refractivity contribution in [3.8, 4) is 27.5 Å². The Morgan fingerprint density at radius 1 is 1.09 bits per heavy atom. The summed E-state index contributed by atoms with van der Waals surface area (Å²) in [6.07, 6.45) is 6.06. The van der Waals surface area contributed by atoms with Gasteiger partial charge in [0.1, 0.15) is 5.69 Å². The monoisotopic (exact) mass is 507 g/mol. The summed E-state index contributed by atoms with van der Waals surface area (Å²) in [6, 6.07) is 5.51. The SMILES string of the molecule is Cc1nn(-c2nc(-c3cnn(C)c3)c(SC(C)C)s2)cc1-c1cc(Cl)cc(Cl)c1.O=C=O. The molecule has 0 saturated heterocycles. The van der Waals surface area contributed by atoms with Gasteiger partial charge in [-0.3, -0.25) is 4.68 Å². The molecule has 0 aliphatic heterocycles. The second kappa shape index (κ2) is 10.5. The van der Waals surface area contributed by atoms with E-state index in [2.05, 4.69) is 18.9 Å². The predicted molar refractivity (Wildman–Crippen MR) is 128 cm³/mol. The molecule has 0 bridgehead atoms.